The Labute approximate surface area is 189 Å². The van der Waals surface area contributed by atoms with Crippen LogP contribution in [0.25, 0.3) is 0 Å². The molecule has 0 radical (unpaired) electrons. The molecule has 1 aliphatic rings. The van der Waals surface area contributed by atoms with E-state index in [-0.39, 0.29) is 13.2 Å². The summed E-state index contributed by atoms with van der Waals surface area (Å²) < 4.78 is 10.2. The quantitative estimate of drug-likeness (QED) is 0.120. The van der Waals surface area contributed by atoms with Crippen LogP contribution in [0.4, 0.5) is 0 Å². The second-order valence-corrected chi connectivity index (χ2v) is 8.79. The molecule has 31 heavy (non-hydrogen) atoms. The fraction of sp³-hybridized carbons (Fsp3) is 0.769. The normalized spacial score (nSPS) is 20.0. The topological polar surface area (TPSA) is 72.8 Å². The summed E-state index contributed by atoms with van der Waals surface area (Å²) in [5, 5.41) is 9.58. The molecule has 178 valence electrons. The van der Waals surface area contributed by atoms with E-state index in [4.69, 9.17) is 9.47 Å². The molecule has 1 aliphatic heterocycles. The van der Waals surface area contributed by atoms with Gasteiger partial charge in [0.1, 0.15) is 6.61 Å². The van der Waals surface area contributed by atoms with Gasteiger partial charge in [-0.25, -0.2) is 4.79 Å². The van der Waals surface area contributed by atoms with Crippen LogP contribution in [0.2, 0.25) is 0 Å². The lowest BCUT2D eigenvalue weighted by molar-refractivity contribution is -0.164. The Balaban J connectivity index is 2.04. The number of aliphatic hydroxyl groups is 1. The first kappa shape index (κ1) is 27.4. The van der Waals surface area contributed by atoms with Gasteiger partial charge in [-0.15, -0.1) is 0 Å². The van der Waals surface area contributed by atoms with Gasteiger partial charge in [0.25, 0.3) is 0 Å². The van der Waals surface area contributed by atoms with Crippen LogP contribution < -0.4 is 0 Å². The van der Waals surface area contributed by atoms with Crippen LogP contribution in [0.1, 0.15) is 110 Å². The largest absolute Gasteiger partial charge is 0.462 e. The fourth-order valence-electron chi connectivity index (χ4n) is 3.81. The van der Waals surface area contributed by atoms with Crippen molar-refractivity contribution in [3.63, 3.8) is 0 Å². The number of rotatable bonds is 18. The van der Waals surface area contributed by atoms with Crippen molar-refractivity contribution in [3.8, 4) is 0 Å². The summed E-state index contributed by atoms with van der Waals surface area (Å²) in [5.74, 6) is -0.858. The zero-order chi connectivity index (χ0) is 22.8. The van der Waals surface area contributed by atoms with Crippen molar-refractivity contribution in [1.82, 2.24) is 0 Å². The van der Waals surface area contributed by atoms with E-state index in [9.17, 15) is 14.7 Å². The highest BCUT2D eigenvalue weighted by Gasteiger charge is 2.44. The fourth-order valence-corrected chi connectivity index (χ4v) is 3.81. The summed E-state index contributed by atoms with van der Waals surface area (Å²) in [5.41, 5.74) is -0.534. The molecule has 0 unspecified atom stereocenters. The molecular formula is C26H44O5. The van der Waals surface area contributed by atoms with Gasteiger partial charge in [-0.05, 0) is 38.5 Å². The van der Waals surface area contributed by atoms with Crippen molar-refractivity contribution in [2.24, 2.45) is 0 Å². The molecule has 1 atom stereocenters. The van der Waals surface area contributed by atoms with Crippen molar-refractivity contribution in [2.75, 3.05) is 13.2 Å². The lowest BCUT2D eigenvalue weighted by atomic mass is 9.98. The number of aliphatic hydroxyl groups excluding tert-OH is 1. The lowest BCUT2D eigenvalue weighted by Gasteiger charge is -2.23. The van der Waals surface area contributed by atoms with E-state index in [2.05, 4.69) is 19.1 Å². The summed E-state index contributed by atoms with van der Waals surface area (Å²) in [6.45, 7) is 3.10. The van der Waals surface area contributed by atoms with Crippen LogP contribution >= 0.6 is 0 Å². The number of carbonyl (C=O) groups excluding carboxylic acids is 2. The van der Waals surface area contributed by atoms with Crippen LogP contribution in [0.15, 0.2) is 23.8 Å². The van der Waals surface area contributed by atoms with Gasteiger partial charge in [-0.1, -0.05) is 76.5 Å². The molecule has 0 aromatic rings. The number of allylic oxidation sites excluding steroid dienone is 3. The van der Waals surface area contributed by atoms with Gasteiger partial charge in [-0.3, -0.25) is 4.79 Å². The molecule has 5 heteroatoms. The van der Waals surface area contributed by atoms with E-state index in [0.29, 0.717) is 12.0 Å². The summed E-state index contributed by atoms with van der Waals surface area (Å²) in [4.78, 5) is 23.0. The van der Waals surface area contributed by atoms with Gasteiger partial charge in [-0.2, -0.15) is 0 Å². The first-order valence-electron chi connectivity index (χ1n) is 12.3. The standard InChI is InChI=1S/C26H44O5/c1-3-4-5-6-7-8-9-10-11-12-13-14-15-16-17-18-19-24-20-26(21-27,31-25(24)29)22-30-23(2)28/h10-11,19,27H,3-9,12-18,20-22H2,1-2H3/b11-10-,24-19+/t26-/m0/s1. The molecule has 1 N–H and O–H groups in total. The summed E-state index contributed by atoms with van der Waals surface area (Å²) in [6, 6.07) is 0. The molecule has 0 aromatic carbocycles. The highest BCUT2D eigenvalue weighted by atomic mass is 16.6. The Morgan fingerprint density at radius 1 is 0.968 bits per heavy atom. The van der Waals surface area contributed by atoms with Gasteiger partial charge in [0.05, 0.1) is 6.61 Å². The maximum absolute atomic E-state index is 12.0. The third-order valence-corrected chi connectivity index (χ3v) is 5.77. The predicted octanol–water partition coefficient (Wildman–Crippen LogP) is 6.19. The molecule has 1 saturated heterocycles. The van der Waals surface area contributed by atoms with Crippen LogP contribution in [0.3, 0.4) is 0 Å². The molecule has 0 aromatic heterocycles. The highest BCUT2D eigenvalue weighted by molar-refractivity contribution is 5.91. The number of carbonyl (C=O) groups is 2. The first-order valence-corrected chi connectivity index (χ1v) is 12.3. The van der Waals surface area contributed by atoms with Crippen LogP contribution in [-0.2, 0) is 19.1 Å². The second kappa shape index (κ2) is 17.0. The molecular weight excluding hydrogens is 392 g/mol. The van der Waals surface area contributed by atoms with Crippen molar-refractivity contribution in [2.45, 2.75) is 116 Å². The lowest BCUT2D eigenvalue weighted by Crippen LogP contribution is -2.39. The first-order chi connectivity index (χ1) is 15.0. The van der Waals surface area contributed by atoms with Gasteiger partial charge in [0.15, 0.2) is 5.60 Å². The van der Waals surface area contributed by atoms with E-state index in [1.165, 1.54) is 77.6 Å². The monoisotopic (exact) mass is 436 g/mol. The zero-order valence-corrected chi connectivity index (χ0v) is 19.8. The summed E-state index contributed by atoms with van der Waals surface area (Å²) in [7, 11) is 0. The van der Waals surface area contributed by atoms with E-state index >= 15 is 0 Å². The van der Waals surface area contributed by atoms with Gasteiger partial charge >= 0.3 is 11.9 Å². The van der Waals surface area contributed by atoms with E-state index in [1.807, 2.05) is 6.08 Å². The maximum Gasteiger partial charge on any atom is 0.334 e. The minimum absolute atomic E-state index is 0.102. The molecule has 5 nitrogen and oxygen atoms in total. The Hall–Kier alpha value is -1.62. The average Bonchev–Trinajstić information content (AvgIpc) is 3.08. The van der Waals surface area contributed by atoms with Gasteiger partial charge < -0.3 is 14.6 Å². The number of esters is 2. The summed E-state index contributed by atoms with van der Waals surface area (Å²) in [6.07, 6.45) is 24.2. The number of hydrogen-bond acceptors (Lipinski definition) is 5. The molecule has 1 fully saturated rings. The molecule has 0 bridgehead atoms. The highest BCUT2D eigenvalue weighted by Crippen LogP contribution is 2.31. The van der Waals surface area contributed by atoms with Crippen LogP contribution in [0.5, 0.6) is 0 Å². The van der Waals surface area contributed by atoms with Gasteiger partial charge in [0.2, 0.25) is 0 Å². The molecule has 0 saturated carbocycles. The molecule has 0 amide bonds. The Morgan fingerprint density at radius 2 is 1.52 bits per heavy atom. The third-order valence-electron chi connectivity index (χ3n) is 5.77. The van der Waals surface area contributed by atoms with E-state index in [1.54, 1.807) is 0 Å². The van der Waals surface area contributed by atoms with Crippen molar-refractivity contribution < 1.29 is 24.2 Å². The zero-order valence-electron chi connectivity index (χ0n) is 19.8. The van der Waals surface area contributed by atoms with E-state index in [0.717, 1.165) is 19.3 Å². The number of hydrogen-bond donors (Lipinski definition) is 1. The Kier molecular flexibility index (Phi) is 15.0. The number of unbranched alkanes of at least 4 members (excludes halogenated alkanes) is 12. The van der Waals surface area contributed by atoms with Crippen LogP contribution in [0, 0.1) is 0 Å². The van der Waals surface area contributed by atoms with Crippen LogP contribution in [-0.4, -0.2) is 35.9 Å². The van der Waals surface area contributed by atoms with Gasteiger partial charge in [0, 0.05) is 18.9 Å². The van der Waals surface area contributed by atoms with Crippen molar-refractivity contribution >= 4 is 11.9 Å². The third kappa shape index (κ3) is 12.7. The van der Waals surface area contributed by atoms with E-state index < -0.39 is 17.5 Å². The predicted molar refractivity (Wildman–Crippen MR) is 125 cm³/mol. The Bertz CT molecular complexity index is 566. The summed E-state index contributed by atoms with van der Waals surface area (Å²) >= 11 is 0. The minimum atomic E-state index is -1.11. The average molecular weight is 437 g/mol. The maximum atomic E-state index is 12.0. The molecule has 1 rings (SSSR count). The second-order valence-electron chi connectivity index (χ2n) is 8.79. The molecule has 0 spiro atoms. The molecule has 1 heterocycles. The number of ether oxygens (including phenoxy) is 2. The van der Waals surface area contributed by atoms with Crippen molar-refractivity contribution in [1.29, 1.82) is 0 Å². The SMILES string of the molecule is CCCCCCCC/C=C\CCCCCCC/C=C1\C[C@](CO)(COC(C)=O)OC1=O. The molecule has 0 aliphatic carbocycles. The van der Waals surface area contributed by atoms with Crippen molar-refractivity contribution in [3.05, 3.63) is 23.8 Å². The Morgan fingerprint density at radius 3 is 2.06 bits per heavy atom. The number of cyclic esters (lactones) is 1. The smallest absolute Gasteiger partial charge is 0.334 e. The minimum Gasteiger partial charge on any atom is -0.462 e.